The molecular weight excluding hydrogens is 484 g/mol. The Balaban J connectivity index is 0.00000280. The summed E-state index contributed by atoms with van der Waals surface area (Å²) in [7, 11) is 1.63. The van der Waals surface area contributed by atoms with Crippen molar-refractivity contribution in [1.82, 2.24) is 25.5 Å². The maximum Gasteiger partial charge on any atom is 0.401 e. The van der Waals surface area contributed by atoms with Crippen LogP contribution in [0, 0.1) is 0 Å². The molecule has 2 heterocycles. The van der Waals surface area contributed by atoms with Gasteiger partial charge < -0.3 is 15.6 Å². The molecule has 0 saturated carbocycles. The number of hydrogen-bond donors (Lipinski definition) is 3. The van der Waals surface area contributed by atoms with E-state index in [9.17, 15) is 13.2 Å². The minimum Gasteiger partial charge on any atom is -0.352 e. The lowest BCUT2D eigenvalue weighted by molar-refractivity contribution is -0.143. The number of halogens is 4. The van der Waals surface area contributed by atoms with Gasteiger partial charge in [0.25, 0.3) is 0 Å². The lowest BCUT2D eigenvalue weighted by Gasteiger charge is -2.19. The first-order chi connectivity index (χ1) is 12.9. The van der Waals surface area contributed by atoms with Crippen LogP contribution >= 0.6 is 24.0 Å². The fourth-order valence-corrected chi connectivity index (χ4v) is 3.12. The van der Waals surface area contributed by atoms with Gasteiger partial charge in [-0.1, -0.05) is 30.3 Å². The number of imidazole rings is 1. The maximum atomic E-state index is 12.5. The van der Waals surface area contributed by atoms with E-state index in [1.165, 1.54) is 4.90 Å². The molecule has 0 bridgehead atoms. The first-order valence-electron chi connectivity index (χ1n) is 8.78. The van der Waals surface area contributed by atoms with Gasteiger partial charge in [0.1, 0.15) is 5.82 Å². The number of nitrogens with zero attached hydrogens (tertiary/aromatic N) is 3. The van der Waals surface area contributed by atoms with E-state index in [1.807, 2.05) is 30.3 Å². The Hall–Kier alpha value is -1.82. The second-order valence-electron chi connectivity index (χ2n) is 6.52. The van der Waals surface area contributed by atoms with E-state index < -0.39 is 12.7 Å². The Morgan fingerprint density at radius 3 is 2.75 bits per heavy atom. The van der Waals surface area contributed by atoms with Crippen molar-refractivity contribution in [3.63, 3.8) is 0 Å². The molecule has 1 unspecified atom stereocenters. The normalized spacial score (nSPS) is 18.0. The van der Waals surface area contributed by atoms with Crippen molar-refractivity contribution in [2.75, 3.05) is 26.7 Å². The molecule has 1 saturated heterocycles. The van der Waals surface area contributed by atoms with Crippen molar-refractivity contribution in [3.8, 4) is 11.3 Å². The number of aliphatic imine (C=N–C) groups is 1. The van der Waals surface area contributed by atoms with Crippen LogP contribution in [0.15, 0.2) is 41.5 Å². The van der Waals surface area contributed by atoms with Crippen LogP contribution in [0.5, 0.6) is 0 Å². The van der Waals surface area contributed by atoms with Gasteiger partial charge in [0.15, 0.2) is 5.96 Å². The van der Waals surface area contributed by atoms with E-state index in [1.54, 1.807) is 13.2 Å². The number of likely N-dealkylation sites (tertiary alicyclic amines) is 1. The van der Waals surface area contributed by atoms with E-state index >= 15 is 0 Å². The molecule has 0 aliphatic carbocycles. The Kier molecular flexibility index (Phi) is 8.10. The molecule has 1 fully saturated rings. The summed E-state index contributed by atoms with van der Waals surface area (Å²) >= 11 is 0. The van der Waals surface area contributed by atoms with Crippen LogP contribution in [0.25, 0.3) is 11.3 Å². The lowest BCUT2D eigenvalue weighted by Crippen LogP contribution is -2.45. The number of benzene rings is 1. The van der Waals surface area contributed by atoms with Crippen LogP contribution in [0.4, 0.5) is 13.2 Å². The molecule has 1 aliphatic rings. The number of nitrogens with one attached hydrogen (secondary N) is 3. The third-order valence-corrected chi connectivity index (χ3v) is 4.38. The van der Waals surface area contributed by atoms with Crippen LogP contribution in [0.3, 0.4) is 0 Å². The Labute approximate surface area is 179 Å². The van der Waals surface area contributed by atoms with Crippen LogP contribution in [0.1, 0.15) is 12.2 Å². The average Bonchev–Trinajstić information content (AvgIpc) is 3.27. The molecule has 3 rings (SSSR count). The van der Waals surface area contributed by atoms with Crippen LogP contribution in [0.2, 0.25) is 0 Å². The molecule has 6 nitrogen and oxygen atoms in total. The average molecular weight is 508 g/mol. The summed E-state index contributed by atoms with van der Waals surface area (Å²) < 4.78 is 37.5. The summed E-state index contributed by atoms with van der Waals surface area (Å²) in [5.74, 6) is 1.30. The SMILES string of the molecule is CN=C(NCc1ncc(-c2ccccc2)[nH]1)NC1CCN(CC(F)(F)F)C1.I. The largest absolute Gasteiger partial charge is 0.401 e. The number of aromatic amines is 1. The third kappa shape index (κ3) is 6.66. The van der Waals surface area contributed by atoms with Crippen molar-refractivity contribution in [1.29, 1.82) is 0 Å². The molecule has 1 aromatic carbocycles. The molecule has 1 atom stereocenters. The zero-order valence-corrected chi connectivity index (χ0v) is 17.8. The zero-order valence-electron chi connectivity index (χ0n) is 15.5. The summed E-state index contributed by atoms with van der Waals surface area (Å²) in [5, 5.41) is 6.32. The second-order valence-corrected chi connectivity index (χ2v) is 6.52. The monoisotopic (exact) mass is 508 g/mol. The van der Waals surface area contributed by atoms with E-state index in [2.05, 4.69) is 25.6 Å². The van der Waals surface area contributed by atoms with Crippen molar-refractivity contribution >= 4 is 29.9 Å². The maximum absolute atomic E-state index is 12.5. The number of rotatable bonds is 5. The number of H-pyrrole nitrogens is 1. The van der Waals surface area contributed by atoms with Crippen molar-refractivity contribution in [2.45, 2.75) is 25.2 Å². The fourth-order valence-electron chi connectivity index (χ4n) is 3.12. The predicted octanol–water partition coefficient (Wildman–Crippen LogP) is 3.00. The number of aromatic nitrogens is 2. The molecule has 2 aromatic rings. The van der Waals surface area contributed by atoms with Crippen molar-refractivity contribution in [3.05, 3.63) is 42.4 Å². The van der Waals surface area contributed by atoms with Gasteiger partial charge in [-0.15, -0.1) is 24.0 Å². The van der Waals surface area contributed by atoms with Gasteiger partial charge in [-0.2, -0.15) is 13.2 Å². The molecule has 0 radical (unpaired) electrons. The van der Waals surface area contributed by atoms with Gasteiger partial charge in [-0.3, -0.25) is 9.89 Å². The second kappa shape index (κ2) is 10.1. The summed E-state index contributed by atoms with van der Waals surface area (Å²) in [6, 6.07) is 9.81. The summed E-state index contributed by atoms with van der Waals surface area (Å²) in [6.45, 7) is 0.337. The highest BCUT2D eigenvalue weighted by Gasteiger charge is 2.34. The molecule has 28 heavy (non-hydrogen) atoms. The molecule has 154 valence electrons. The lowest BCUT2D eigenvalue weighted by atomic mass is 10.2. The van der Waals surface area contributed by atoms with Crippen LogP contribution in [-0.2, 0) is 6.54 Å². The standard InChI is InChI=1S/C18H23F3N6.HI/c1-22-17(25-14-7-8-27(11-14)12-18(19,20)21)24-10-16-23-9-15(26-16)13-5-3-2-4-6-13;/h2-6,9,14H,7-8,10-12H2,1H3,(H,23,26)(H2,22,24,25);1H. The number of guanidine groups is 1. The first-order valence-corrected chi connectivity index (χ1v) is 8.78. The molecule has 3 N–H and O–H groups in total. The number of alkyl halides is 3. The van der Waals surface area contributed by atoms with E-state index in [-0.39, 0.29) is 30.0 Å². The van der Waals surface area contributed by atoms with Crippen LogP contribution in [-0.4, -0.2) is 59.7 Å². The molecule has 1 aliphatic heterocycles. The highest BCUT2D eigenvalue weighted by Crippen LogP contribution is 2.20. The first kappa shape index (κ1) is 22.5. The summed E-state index contributed by atoms with van der Waals surface area (Å²) in [4.78, 5) is 13.1. The third-order valence-electron chi connectivity index (χ3n) is 4.38. The molecule has 1 aromatic heterocycles. The smallest absolute Gasteiger partial charge is 0.352 e. The minimum atomic E-state index is -4.16. The van der Waals surface area contributed by atoms with Crippen molar-refractivity contribution < 1.29 is 13.2 Å². The Morgan fingerprint density at radius 1 is 1.32 bits per heavy atom. The van der Waals surface area contributed by atoms with E-state index in [0.29, 0.717) is 32.0 Å². The topological polar surface area (TPSA) is 68.3 Å². The number of hydrogen-bond acceptors (Lipinski definition) is 3. The van der Waals surface area contributed by atoms with Gasteiger partial charge in [0.05, 0.1) is 25.0 Å². The Bertz CT molecular complexity index is 762. The molecule has 10 heteroatoms. The fraction of sp³-hybridized carbons (Fsp3) is 0.444. The van der Waals surface area contributed by atoms with Gasteiger partial charge >= 0.3 is 6.18 Å². The summed E-state index contributed by atoms with van der Waals surface area (Å²) in [6.07, 6.45) is -1.74. The minimum absolute atomic E-state index is 0. The Morgan fingerprint density at radius 2 is 2.07 bits per heavy atom. The van der Waals surface area contributed by atoms with Gasteiger partial charge in [0.2, 0.25) is 0 Å². The molecule has 0 spiro atoms. The van der Waals surface area contributed by atoms with Gasteiger partial charge in [-0.25, -0.2) is 4.98 Å². The van der Waals surface area contributed by atoms with E-state index in [0.717, 1.165) is 17.1 Å². The quantitative estimate of drug-likeness (QED) is 0.330. The van der Waals surface area contributed by atoms with Gasteiger partial charge in [-0.05, 0) is 12.0 Å². The summed E-state index contributed by atoms with van der Waals surface area (Å²) in [5.41, 5.74) is 1.98. The van der Waals surface area contributed by atoms with Gasteiger partial charge in [0, 0.05) is 26.2 Å². The molecule has 0 amide bonds. The van der Waals surface area contributed by atoms with E-state index in [4.69, 9.17) is 0 Å². The zero-order chi connectivity index (χ0) is 19.3. The highest BCUT2D eigenvalue weighted by atomic mass is 127. The predicted molar refractivity (Wildman–Crippen MR) is 114 cm³/mol. The highest BCUT2D eigenvalue weighted by molar-refractivity contribution is 14.0. The van der Waals surface area contributed by atoms with Crippen LogP contribution < -0.4 is 10.6 Å². The van der Waals surface area contributed by atoms with Crippen molar-refractivity contribution in [2.24, 2.45) is 4.99 Å². The molecular formula is C18H24F3IN6.